The molecule has 4 aromatic rings. The molecule has 0 aliphatic heterocycles. The van der Waals surface area contributed by atoms with Crippen LogP contribution in [0.3, 0.4) is 0 Å². The Kier molecular flexibility index (Phi) is 8.52. The number of hydrogen-bond donors (Lipinski definition) is 3. The minimum absolute atomic E-state index is 0.0910. The van der Waals surface area contributed by atoms with Crippen molar-refractivity contribution in [1.29, 1.82) is 0 Å². The van der Waals surface area contributed by atoms with Gasteiger partial charge in [-0.3, -0.25) is 0 Å². The quantitative estimate of drug-likeness (QED) is 0.0638. The van der Waals surface area contributed by atoms with Crippen LogP contribution in [0.2, 0.25) is 0 Å². The zero-order valence-electron chi connectivity index (χ0n) is 19.8. The first-order chi connectivity index (χ1) is 19.2. The molecule has 15 heteroatoms. The molecule has 0 heterocycles. The summed E-state index contributed by atoms with van der Waals surface area (Å²) in [6.07, 6.45) is 0. The molecule has 2 N–H and O–H groups in total. The molecule has 0 saturated heterocycles. The summed E-state index contributed by atoms with van der Waals surface area (Å²) >= 11 is 5.97. The van der Waals surface area contributed by atoms with Crippen molar-refractivity contribution in [3.63, 3.8) is 0 Å². The molecule has 1 atom stereocenters. The number of hydrogen-bond acceptors (Lipinski definition) is 3. The van der Waals surface area contributed by atoms with E-state index in [2.05, 4.69) is 33.0 Å². The Hall–Kier alpha value is -3.44. The summed E-state index contributed by atoms with van der Waals surface area (Å²) in [6.45, 7) is 0. The van der Waals surface area contributed by atoms with Gasteiger partial charge in [-0.15, -0.1) is 0 Å². The van der Waals surface area contributed by atoms with E-state index in [4.69, 9.17) is 0 Å². The number of halogens is 8. The molecular formula is C26H12F8NO3PSSe. The molecule has 0 spiro atoms. The molecule has 0 fully saturated rings. The number of carbonyl (C=O) groups is 2. The van der Waals surface area contributed by atoms with Gasteiger partial charge < -0.3 is 0 Å². The second-order valence-corrected chi connectivity index (χ2v) is 14.8. The molecule has 0 radical (unpaired) electrons. The van der Waals surface area contributed by atoms with E-state index in [0.717, 1.165) is 12.1 Å². The number of thiol groups is 1. The number of anilines is 1. The van der Waals surface area contributed by atoms with E-state index in [0.29, 0.717) is 0 Å². The molecule has 4 nitrogen and oxygen atoms in total. The number of carbonyl (C=O) groups excluding carboxylic acids is 1. The van der Waals surface area contributed by atoms with Crippen LogP contribution in [0.5, 0.6) is 0 Å². The van der Waals surface area contributed by atoms with Gasteiger partial charge >= 0.3 is 239 Å². The van der Waals surface area contributed by atoms with Crippen molar-refractivity contribution in [2.24, 2.45) is 0 Å². The molecule has 0 aromatic heterocycles. The Morgan fingerprint density at radius 1 is 0.683 bits per heavy atom. The third-order valence-electron chi connectivity index (χ3n) is 5.83. The van der Waals surface area contributed by atoms with Gasteiger partial charge in [0.05, 0.1) is 0 Å². The molecule has 0 aliphatic rings. The Balaban J connectivity index is 1.92. The van der Waals surface area contributed by atoms with E-state index >= 15 is 8.78 Å². The van der Waals surface area contributed by atoms with Crippen LogP contribution in [0, 0.1) is 46.5 Å². The predicted molar refractivity (Wildman–Crippen MR) is 139 cm³/mol. The molecule has 0 aliphatic carbocycles. The van der Waals surface area contributed by atoms with Gasteiger partial charge in [0.2, 0.25) is 0 Å². The van der Waals surface area contributed by atoms with E-state index in [1.807, 2.05) is 0 Å². The fourth-order valence-electron chi connectivity index (χ4n) is 3.95. The van der Waals surface area contributed by atoms with E-state index < -0.39 is 85.2 Å². The summed E-state index contributed by atoms with van der Waals surface area (Å²) in [4.78, 5) is 23.2. The van der Waals surface area contributed by atoms with Gasteiger partial charge in [-0.25, -0.2) is 0 Å². The molecule has 0 saturated carbocycles. The first-order valence-corrected chi connectivity index (χ1v) is 15.4. The van der Waals surface area contributed by atoms with E-state index in [1.165, 1.54) is 42.5 Å². The maximum atomic E-state index is 15.1. The van der Waals surface area contributed by atoms with Crippen molar-refractivity contribution in [3.8, 4) is 0 Å². The van der Waals surface area contributed by atoms with Crippen LogP contribution in [-0.4, -0.2) is 32.1 Å². The molecular weight excluding hydrogens is 668 g/mol. The summed E-state index contributed by atoms with van der Waals surface area (Å²) in [5, 5.41) is 10.2. The summed E-state index contributed by atoms with van der Waals surface area (Å²) in [5.41, 5.74) is -7.18. The van der Waals surface area contributed by atoms with Crippen LogP contribution in [0.1, 0.15) is 20.7 Å². The Bertz CT molecular complexity index is 1780. The molecule has 1 amide bonds. The number of amides is 1. The fourth-order valence-corrected chi connectivity index (χ4v) is 9.42. The molecule has 4 rings (SSSR count). The average Bonchev–Trinajstić information content (AvgIpc) is 2.95. The van der Waals surface area contributed by atoms with Crippen molar-refractivity contribution < 1.29 is 49.8 Å². The number of carboxylic acid groups (broad SMARTS) is 1. The third-order valence-corrected chi connectivity index (χ3v) is 13.1. The first kappa shape index (κ1) is 30.5. The van der Waals surface area contributed by atoms with Gasteiger partial charge in [0.15, 0.2) is 0 Å². The minimum atomic E-state index is -3.85. The Labute approximate surface area is 238 Å². The number of aromatic carboxylic acids is 1. The van der Waals surface area contributed by atoms with Gasteiger partial charge in [-0.05, 0) is 0 Å². The van der Waals surface area contributed by atoms with Crippen molar-refractivity contribution in [2.75, 3.05) is 5.32 Å². The van der Waals surface area contributed by atoms with E-state index in [1.54, 1.807) is 0 Å². The fraction of sp³-hybridized carbons (Fsp3) is 0. The van der Waals surface area contributed by atoms with E-state index in [9.17, 15) is 41.0 Å². The zero-order valence-corrected chi connectivity index (χ0v) is 23.3. The summed E-state index contributed by atoms with van der Waals surface area (Å²) < 4.78 is 116. The maximum absolute atomic E-state index is 15.1. The third kappa shape index (κ3) is 5.10. The van der Waals surface area contributed by atoms with Crippen LogP contribution in [-0.2, 0) is 0 Å². The number of benzene rings is 4. The van der Waals surface area contributed by atoms with Gasteiger partial charge in [0.25, 0.3) is 0 Å². The normalized spacial score (nSPS) is 12.6. The van der Waals surface area contributed by atoms with Crippen molar-refractivity contribution in [3.05, 3.63) is 112 Å². The predicted octanol–water partition coefficient (Wildman–Crippen LogP) is 5.42. The molecule has 4 aromatic carbocycles. The topological polar surface area (TPSA) is 66.4 Å². The van der Waals surface area contributed by atoms with Gasteiger partial charge in [0, 0.05) is 0 Å². The first-order valence-electron chi connectivity index (χ1n) is 11.0. The van der Waals surface area contributed by atoms with Crippen molar-refractivity contribution >= 4 is 66.7 Å². The number of nitrogens with one attached hydrogen (secondary N) is 1. The van der Waals surface area contributed by atoms with Crippen LogP contribution in [0.4, 0.5) is 40.8 Å². The SMILES string of the molecule is O=C(Nc1cccc(P(=[Se])(c2ccccc2)c2c(F)c(F)c(F)c(F)c2F)c1)c1c(F)c(F)c(S)c(F)c1C(=O)O. The summed E-state index contributed by atoms with van der Waals surface area (Å²) in [5.74, 6) is -20.4. The molecule has 0 bridgehead atoms. The Morgan fingerprint density at radius 2 is 1.22 bits per heavy atom. The van der Waals surface area contributed by atoms with Crippen LogP contribution >= 0.6 is 18.1 Å². The van der Waals surface area contributed by atoms with Crippen molar-refractivity contribution in [1.82, 2.24) is 0 Å². The summed E-state index contributed by atoms with van der Waals surface area (Å²) in [6, 6.07) is 11.8. The molecule has 41 heavy (non-hydrogen) atoms. The van der Waals surface area contributed by atoms with Crippen LogP contribution in [0.15, 0.2) is 59.5 Å². The zero-order chi connectivity index (χ0) is 30.4. The van der Waals surface area contributed by atoms with Gasteiger partial charge in [0.1, 0.15) is 0 Å². The number of carboxylic acids is 1. The van der Waals surface area contributed by atoms with E-state index in [-0.39, 0.29) is 16.3 Å². The van der Waals surface area contributed by atoms with Crippen LogP contribution in [0.25, 0.3) is 0 Å². The van der Waals surface area contributed by atoms with Crippen molar-refractivity contribution in [2.45, 2.75) is 4.90 Å². The number of rotatable bonds is 6. The second kappa shape index (κ2) is 11.4. The average molecular weight is 680 g/mol. The second-order valence-electron chi connectivity index (χ2n) is 8.21. The standard InChI is InChI=1S/C26H12F8NO3PSSe/c27-15-13(14(26(37)38)16(28)24(40)22(15)34)25(36)35-10-5-4-8-12(9-10)39(41,11-6-2-1-3-7-11)23-20(32)18(30)17(29)19(31)21(23)33/h1-9,40H,(H,35,36)(H,37,38). The Morgan fingerprint density at radius 3 is 1.78 bits per heavy atom. The molecule has 1 unspecified atom stereocenters. The monoisotopic (exact) mass is 681 g/mol. The summed E-state index contributed by atoms with van der Waals surface area (Å²) in [7, 11) is 0. The van der Waals surface area contributed by atoms with Crippen LogP contribution < -0.4 is 21.2 Å². The van der Waals surface area contributed by atoms with Gasteiger partial charge in [-0.1, -0.05) is 0 Å². The van der Waals surface area contributed by atoms with Gasteiger partial charge in [-0.2, -0.15) is 0 Å². The molecule has 212 valence electrons.